The predicted octanol–water partition coefficient (Wildman–Crippen LogP) is 3.15. The minimum absolute atomic E-state index is 0.276. The van der Waals surface area contributed by atoms with Gasteiger partial charge in [-0.1, -0.05) is 36.8 Å². The highest BCUT2D eigenvalue weighted by atomic mass is 16.1. The number of benzene rings is 1. The van der Waals surface area contributed by atoms with E-state index in [1.54, 1.807) is 0 Å². The highest BCUT2D eigenvalue weighted by Crippen LogP contribution is 2.20. The van der Waals surface area contributed by atoms with Gasteiger partial charge in [0.1, 0.15) is 0 Å². The molecule has 0 heterocycles. The minimum Gasteiger partial charge on any atom is -0.326 e. The van der Waals surface area contributed by atoms with Crippen LogP contribution in [0.5, 0.6) is 0 Å². The molecule has 0 radical (unpaired) electrons. The van der Waals surface area contributed by atoms with E-state index in [9.17, 15) is 4.79 Å². The number of hydrogen-bond donors (Lipinski definition) is 1. The van der Waals surface area contributed by atoms with Crippen molar-refractivity contribution in [2.45, 2.75) is 45.1 Å². The van der Waals surface area contributed by atoms with Gasteiger partial charge in [0.05, 0.1) is 0 Å². The summed E-state index contributed by atoms with van der Waals surface area (Å²) in [6, 6.07) is 7.96. The fourth-order valence-electron chi connectivity index (χ4n) is 2.48. The maximum atomic E-state index is 12.3. The third-order valence-corrected chi connectivity index (χ3v) is 3.59. The molecule has 2 N–H and O–H groups in total. The number of ketones is 1. The van der Waals surface area contributed by atoms with Gasteiger partial charge in [0.15, 0.2) is 5.78 Å². The zero-order valence-corrected chi connectivity index (χ0v) is 10.8. The molecule has 0 spiro atoms. The molecule has 0 aliphatic heterocycles. The highest BCUT2D eigenvalue weighted by Gasteiger charge is 2.13. The van der Waals surface area contributed by atoms with E-state index >= 15 is 0 Å². The summed E-state index contributed by atoms with van der Waals surface area (Å²) in [5.74, 6) is 0.276. The second kappa shape index (κ2) is 6.50. The van der Waals surface area contributed by atoms with Gasteiger partial charge >= 0.3 is 0 Å². The molecule has 18 heavy (non-hydrogen) atoms. The van der Waals surface area contributed by atoms with Crippen LogP contribution in [-0.2, 0) is 17.8 Å². The van der Waals surface area contributed by atoms with E-state index in [4.69, 9.17) is 5.73 Å². The molecular weight excluding hydrogens is 222 g/mol. The Labute approximate surface area is 109 Å². The number of rotatable bonds is 4. The summed E-state index contributed by atoms with van der Waals surface area (Å²) in [7, 11) is 0. The Morgan fingerprint density at radius 1 is 1.11 bits per heavy atom. The van der Waals surface area contributed by atoms with Gasteiger partial charge in [0.2, 0.25) is 0 Å². The lowest BCUT2D eigenvalue weighted by Gasteiger charge is -2.08. The normalized spacial score (nSPS) is 15.9. The lowest BCUT2D eigenvalue weighted by atomic mass is 9.96. The fourth-order valence-corrected chi connectivity index (χ4v) is 2.48. The molecule has 2 heteroatoms. The molecule has 0 saturated heterocycles. The maximum Gasteiger partial charge on any atom is 0.162 e. The maximum absolute atomic E-state index is 12.3. The number of carbonyl (C=O) groups excluding carboxylic acids is 1. The van der Waals surface area contributed by atoms with Crippen LogP contribution < -0.4 is 5.73 Å². The number of nitrogens with two attached hydrogens (primary N) is 1. The summed E-state index contributed by atoms with van der Waals surface area (Å²) in [6.45, 7) is 0.502. The van der Waals surface area contributed by atoms with Crippen LogP contribution >= 0.6 is 0 Å². The van der Waals surface area contributed by atoms with Gasteiger partial charge in [-0.3, -0.25) is 4.79 Å². The molecule has 1 aromatic rings. The first kappa shape index (κ1) is 13.0. The molecule has 1 aliphatic carbocycles. The van der Waals surface area contributed by atoms with Gasteiger partial charge in [-0.05, 0) is 42.4 Å². The first-order valence-electron chi connectivity index (χ1n) is 6.80. The second-order valence-corrected chi connectivity index (χ2v) is 4.90. The van der Waals surface area contributed by atoms with E-state index in [-0.39, 0.29) is 5.78 Å². The molecule has 1 aromatic carbocycles. The Bertz CT molecular complexity index is 448. The van der Waals surface area contributed by atoms with Gasteiger partial charge in [0.25, 0.3) is 0 Å². The van der Waals surface area contributed by atoms with E-state index < -0.39 is 0 Å². The first-order valence-corrected chi connectivity index (χ1v) is 6.80. The number of carbonyl (C=O) groups is 1. The topological polar surface area (TPSA) is 43.1 Å². The van der Waals surface area contributed by atoms with Gasteiger partial charge in [-0.2, -0.15) is 0 Å². The van der Waals surface area contributed by atoms with Gasteiger partial charge in [-0.15, -0.1) is 0 Å². The molecule has 0 unspecified atom stereocenters. The van der Waals surface area contributed by atoms with Crippen LogP contribution in [0.25, 0.3) is 0 Å². The predicted molar refractivity (Wildman–Crippen MR) is 74.2 cm³/mol. The Morgan fingerprint density at radius 3 is 2.67 bits per heavy atom. The Balaban J connectivity index is 2.08. The van der Waals surface area contributed by atoms with Crippen LogP contribution in [0.1, 0.15) is 43.2 Å². The standard InChI is InChI=1S/C16H21NO/c17-12-15-10-6-5-9-14(15)11-16(18)13-7-3-1-2-4-8-13/h5-7,9-10H,1-4,8,11-12,17H2. The molecule has 0 bridgehead atoms. The summed E-state index contributed by atoms with van der Waals surface area (Å²) in [5.41, 5.74) is 8.89. The Morgan fingerprint density at radius 2 is 1.89 bits per heavy atom. The molecule has 96 valence electrons. The zero-order chi connectivity index (χ0) is 12.8. The monoisotopic (exact) mass is 243 g/mol. The first-order chi connectivity index (χ1) is 8.81. The van der Waals surface area contributed by atoms with Gasteiger partial charge in [-0.25, -0.2) is 0 Å². The van der Waals surface area contributed by atoms with E-state index in [0.29, 0.717) is 13.0 Å². The van der Waals surface area contributed by atoms with Crippen molar-refractivity contribution in [2.24, 2.45) is 5.73 Å². The third kappa shape index (κ3) is 3.30. The molecule has 1 aliphatic rings. The second-order valence-electron chi connectivity index (χ2n) is 4.90. The molecule has 0 amide bonds. The zero-order valence-electron chi connectivity index (χ0n) is 10.8. The molecule has 0 saturated carbocycles. The van der Waals surface area contributed by atoms with Gasteiger partial charge in [0, 0.05) is 13.0 Å². The summed E-state index contributed by atoms with van der Waals surface area (Å²) in [5, 5.41) is 0. The van der Waals surface area contributed by atoms with Crippen molar-refractivity contribution in [2.75, 3.05) is 0 Å². The smallest absolute Gasteiger partial charge is 0.162 e. The van der Waals surface area contributed by atoms with Crippen LogP contribution in [0.15, 0.2) is 35.9 Å². The Kier molecular flexibility index (Phi) is 4.71. The van der Waals surface area contributed by atoms with E-state index in [1.807, 2.05) is 24.3 Å². The van der Waals surface area contributed by atoms with E-state index in [1.165, 1.54) is 12.8 Å². The van der Waals surface area contributed by atoms with Crippen LogP contribution in [0, 0.1) is 0 Å². The fraction of sp³-hybridized carbons (Fsp3) is 0.438. The van der Waals surface area contributed by atoms with Crippen LogP contribution in [0.2, 0.25) is 0 Å². The lowest BCUT2D eigenvalue weighted by molar-refractivity contribution is -0.115. The number of Topliss-reactive ketones (excluding diaryl/α,β-unsaturated/α-hetero) is 1. The third-order valence-electron chi connectivity index (χ3n) is 3.59. The average Bonchev–Trinajstić information content (AvgIpc) is 2.68. The molecule has 0 aromatic heterocycles. The van der Waals surface area contributed by atoms with Crippen LogP contribution in [0.4, 0.5) is 0 Å². The summed E-state index contributed by atoms with van der Waals surface area (Å²) < 4.78 is 0. The highest BCUT2D eigenvalue weighted by molar-refractivity contribution is 5.96. The van der Waals surface area contributed by atoms with Crippen LogP contribution in [-0.4, -0.2) is 5.78 Å². The number of hydrogen-bond acceptors (Lipinski definition) is 2. The number of allylic oxidation sites excluding steroid dienone is 2. The lowest BCUT2D eigenvalue weighted by Crippen LogP contribution is -2.10. The molecule has 2 rings (SSSR count). The van der Waals surface area contributed by atoms with Crippen molar-refractivity contribution in [1.82, 2.24) is 0 Å². The largest absolute Gasteiger partial charge is 0.326 e. The van der Waals surface area contributed by atoms with E-state index in [2.05, 4.69) is 6.08 Å². The molecular formula is C16H21NO. The van der Waals surface area contributed by atoms with Gasteiger partial charge < -0.3 is 5.73 Å². The average molecular weight is 243 g/mol. The Hall–Kier alpha value is -1.41. The summed E-state index contributed by atoms with van der Waals surface area (Å²) >= 11 is 0. The molecule has 2 nitrogen and oxygen atoms in total. The quantitative estimate of drug-likeness (QED) is 0.882. The summed E-state index contributed by atoms with van der Waals surface area (Å²) in [4.78, 5) is 12.3. The SMILES string of the molecule is NCc1ccccc1CC(=O)C1=CCCCCC1. The van der Waals surface area contributed by atoms with Crippen molar-refractivity contribution >= 4 is 5.78 Å². The molecule has 0 atom stereocenters. The van der Waals surface area contributed by atoms with Crippen molar-refractivity contribution in [1.29, 1.82) is 0 Å². The minimum atomic E-state index is 0.276. The van der Waals surface area contributed by atoms with E-state index in [0.717, 1.165) is 36.0 Å². The van der Waals surface area contributed by atoms with Crippen LogP contribution in [0.3, 0.4) is 0 Å². The summed E-state index contributed by atoms with van der Waals surface area (Å²) in [6.07, 6.45) is 8.25. The van der Waals surface area contributed by atoms with Crippen molar-refractivity contribution in [3.8, 4) is 0 Å². The van der Waals surface area contributed by atoms with Crippen molar-refractivity contribution in [3.63, 3.8) is 0 Å². The van der Waals surface area contributed by atoms with Crippen molar-refractivity contribution in [3.05, 3.63) is 47.0 Å². The van der Waals surface area contributed by atoms with Crippen molar-refractivity contribution < 1.29 is 4.79 Å². The molecule has 0 fully saturated rings.